The molecule has 1 saturated heterocycles. The largest absolute Gasteiger partial charge is 0.573 e. The lowest BCUT2D eigenvalue weighted by atomic mass is 9.93. The van der Waals surface area contributed by atoms with Crippen LogP contribution < -0.4 is 14.4 Å². The van der Waals surface area contributed by atoms with E-state index in [0.717, 1.165) is 22.6 Å². The van der Waals surface area contributed by atoms with Gasteiger partial charge in [0.25, 0.3) is 11.7 Å². The number of aliphatic hydroxyl groups is 1. The van der Waals surface area contributed by atoms with Gasteiger partial charge in [0.1, 0.15) is 17.3 Å². The molecule has 1 amide bonds. The maximum absolute atomic E-state index is 13.3. The fraction of sp³-hybridized carbons (Fsp3) is 0.214. The number of Topliss-reactive ketones (excluding diaryl/α,β-unsaturated/α-hetero) is 1. The van der Waals surface area contributed by atoms with Crippen molar-refractivity contribution in [2.24, 2.45) is 0 Å². The Hall–Kier alpha value is -4.27. The van der Waals surface area contributed by atoms with Crippen LogP contribution in [0, 0.1) is 0 Å². The van der Waals surface area contributed by atoms with E-state index < -0.39 is 35.6 Å². The van der Waals surface area contributed by atoms with Crippen LogP contribution in [0.25, 0.3) is 5.76 Å². The smallest absolute Gasteiger partial charge is 0.507 e. The fourth-order valence-corrected chi connectivity index (χ4v) is 4.37. The highest BCUT2D eigenvalue weighted by Gasteiger charge is 2.47. The van der Waals surface area contributed by atoms with Gasteiger partial charge in [0.15, 0.2) is 0 Å². The fourth-order valence-electron chi connectivity index (χ4n) is 4.37. The first-order chi connectivity index (χ1) is 17.5. The number of hydrogen-bond donors (Lipinski definition) is 1. The standard InChI is InChI=1S/C28H24F3NO5/c1-16(2)21-14-18(12-13-22(21)36-3)25(33)23-24(17-8-5-4-6-9-17)32(27(35)26(23)34)19-10-7-11-20(15-19)37-28(29,30)31/h4-16,24,33H,1-3H3/b25-23-. The molecule has 9 heteroatoms. The monoisotopic (exact) mass is 511 g/mol. The third-order valence-electron chi connectivity index (χ3n) is 6.01. The van der Waals surface area contributed by atoms with Gasteiger partial charge >= 0.3 is 6.36 Å². The molecule has 1 atom stereocenters. The molecule has 6 nitrogen and oxygen atoms in total. The molecule has 4 rings (SSSR count). The molecule has 0 aliphatic carbocycles. The van der Waals surface area contributed by atoms with Gasteiger partial charge in [-0.25, -0.2) is 0 Å². The number of amides is 1. The lowest BCUT2D eigenvalue weighted by Crippen LogP contribution is -2.29. The van der Waals surface area contributed by atoms with Crippen LogP contribution in [0.1, 0.15) is 42.5 Å². The topological polar surface area (TPSA) is 76.1 Å². The highest BCUT2D eigenvalue weighted by Crippen LogP contribution is 2.43. The van der Waals surface area contributed by atoms with Crippen LogP contribution >= 0.6 is 0 Å². The second-order valence-electron chi connectivity index (χ2n) is 8.74. The zero-order valence-electron chi connectivity index (χ0n) is 20.2. The number of alkyl halides is 3. The summed E-state index contributed by atoms with van der Waals surface area (Å²) in [5, 5.41) is 11.3. The molecular formula is C28H24F3NO5. The van der Waals surface area contributed by atoms with Gasteiger partial charge in [-0.05, 0) is 47.4 Å². The van der Waals surface area contributed by atoms with E-state index in [0.29, 0.717) is 16.9 Å². The number of methoxy groups -OCH3 is 1. The number of anilines is 1. The number of carbonyl (C=O) groups is 2. The first-order valence-corrected chi connectivity index (χ1v) is 11.4. The van der Waals surface area contributed by atoms with Gasteiger partial charge < -0.3 is 14.6 Å². The summed E-state index contributed by atoms with van der Waals surface area (Å²) in [5.41, 5.74) is 1.40. The molecule has 0 saturated carbocycles. The molecule has 3 aromatic carbocycles. The summed E-state index contributed by atoms with van der Waals surface area (Å²) in [7, 11) is 1.53. The Morgan fingerprint density at radius 1 is 0.973 bits per heavy atom. The van der Waals surface area contributed by atoms with E-state index in [9.17, 15) is 27.9 Å². The van der Waals surface area contributed by atoms with Crippen molar-refractivity contribution in [1.82, 2.24) is 0 Å². The molecule has 1 fully saturated rings. The quantitative estimate of drug-likeness (QED) is 0.237. The van der Waals surface area contributed by atoms with Gasteiger partial charge in [-0.1, -0.05) is 50.2 Å². The zero-order chi connectivity index (χ0) is 26.9. The van der Waals surface area contributed by atoms with Crippen molar-refractivity contribution in [1.29, 1.82) is 0 Å². The Morgan fingerprint density at radius 2 is 1.68 bits per heavy atom. The first kappa shape index (κ1) is 25.8. The minimum atomic E-state index is -4.94. The summed E-state index contributed by atoms with van der Waals surface area (Å²) in [6.45, 7) is 3.89. The molecule has 0 bridgehead atoms. The summed E-state index contributed by atoms with van der Waals surface area (Å²) in [6, 6.07) is 17.1. The summed E-state index contributed by atoms with van der Waals surface area (Å²) in [6.07, 6.45) is -4.94. The minimum absolute atomic E-state index is 0.00866. The maximum Gasteiger partial charge on any atom is 0.573 e. The van der Waals surface area contributed by atoms with Crippen LogP contribution in [0.2, 0.25) is 0 Å². The molecule has 1 unspecified atom stereocenters. The van der Waals surface area contributed by atoms with Gasteiger partial charge in [-0.15, -0.1) is 13.2 Å². The number of carbonyl (C=O) groups excluding carboxylic acids is 2. The molecule has 37 heavy (non-hydrogen) atoms. The normalized spacial score (nSPS) is 17.4. The van der Waals surface area contributed by atoms with Crippen molar-refractivity contribution in [3.63, 3.8) is 0 Å². The van der Waals surface area contributed by atoms with Gasteiger partial charge in [-0.2, -0.15) is 0 Å². The summed E-state index contributed by atoms with van der Waals surface area (Å²) < 4.78 is 47.9. The highest BCUT2D eigenvalue weighted by atomic mass is 19.4. The van der Waals surface area contributed by atoms with Gasteiger partial charge in [-0.3, -0.25) is 14.5 Å². The SMILES string of the molecule is COc1ccc(/C(O)=C2/C(=O)C(=O)N(c3cccc(OC(F)(F)F)c3)C2c2ccccc2)cc1C(C)C. The van der Waals surface area contributed by atoms with E-state index in [-0.39, 0.29) is 17.2 Å². The molecule has 1 aliphatic heterocycles. The predicted molar refractivity (Wildman–Crippen MR) is 131 cm³/mol. The van der Waals surface area contributed by atoms with E-state index >= 15 is 0 Å². The number of rotatable bonds is 6. The lowest BCUT2D eigenvalue weighted by molar-refractivity contribution is -0.274. The van der Waals surface area contributed by atoms with E-state index in [1.807, 2.05) is 13.8 Å². The van der Waals surface area contributed by atoms with Crippen molar-refractivity contribution in [2.75, 3.05) is 12.0 Å². The van der Waals surface area contributed by atoms with Crippen LogP contribution in [-0.2, 0) is 9.59 Å². The third kappa shape index (κ3) is 5.16. The van der Waals surface area contributed by atoms with Crippen molar-refractivity contribution in [3.8, 4) is 11.5 Å². The van der Waals surface area contributed by atoms with E-state index in [4.69, 9.17) is 4.74 Å². The second-order valence-corrected chi connectivity index (χ2v) is 8.74. The highest BCUT2D eigenvalue weighted by molar-refractivity contribution is 6.51. The first-order valence-electron chi connectivity index (χ1n) is 11.4. The molecule has 0 radical (unpaired) electrons. The number of nitrogens with zero attached hydrogens (tertiary/aromatic N) is 1. The van der Waals surface area contributed by atoms with Gasteiger partial charge in [0, 0.05) is 17.3 Å². The van der Waals surface area contributed by atoms with Crippen molar-refractivity contribution >= 4 is 23.1 Å². The molecule has 0 aromatic heterocycles. The van der Waals surface area contributed by atoms with Crippen LogP contribution in [-0.4, -0.2) is 30.3 Å². The number of halogens is 3. The Bertz CT molecular complexity index is 1370. The maximum atomic E-state index is 13.3. The number of aliphatic hydroxyl groups excluding tert-OH is 1. The summed E-state index contributed by atoms with van der Waals surface area (Å²) in [4.78, 5) is 27.6. The molecule has 1 aliphatic rings. The number of benzene rings is 3. The van der Waals surface area contributed by atoms with Crippen LogP contribution in [0.15, 0.2) is 78.4 Å². The second kappa shape index (κ2) is 10.0. The summed E-state index contributed by atoms with van der Waals surface area (Å²) in [5.74, 6) is -2.26. The van der Waals surface area contributed by atoms with Crippen molar-refractivity contribution in [2.45, 2.75) is 32.2 Å². The van der Waals surface area contributed by atoms with E-state index in [1.54, 1.807) is 48.5 Å². The molecule has 1 heterocycles. The Labute approximate surface area is 211 Å². The number of hydrogen-bond acceptors (Lipinski definition) is 5. The van der Waals surface area contributed by atoms with Crippen molar-refractivity contribution in [3.05, 3.63) is 95.1 Å². The van der Waals surface area contributed by atoms with Gasteiger partial charge in [0.05, 0.1) is 18.7 Å². The molecule has 1 N–H and O–H groups in total. The predicted octanol–water partition coefficient (Wildman–Crippen LogP) is 6.34. The zero-order valence-corrected chi connectivity index (χ0v) is 20.2. The van der Waals surface area contributed by atoms with Crippen LogP contribution in [0.4, 0.5) is 18.9 Å². The summed E-state index contributed by atoms with van der Waals surface area (Å²) >= 11 is 0. The average molecular weight is 511 g/mol. The lowest BCUT2D eigenvalue weighted by Gasteiger charge is -2.26. The number of ether oxygens (including phenoxy) is 2. The minimum Gasteiger partial charge on any atom is -0.507 e. The Kier molecular flexibility index (Phi) is 6.98. The average Bonchev–Trinajstić information content (AvgIpc) is 3.13. The van der Waals surface area contributed by atoms with E-state index in [2.05, 4.69) is 4.74 Å². The third-order valence-corrected chi connectivity index (χ3v) is 6.01. The number of ketones is 1. The van der Waals surface area contributed by atoms with E-state index in [1.165, 1.54) is 19.2 Å². The van der Waals surface area contributed by atoms with Crippen LogP contribution in [0.3, 0.4) is 0 Å². The molecular weight excluding hydrogens is 487 g/mol. The molecule has 3 aromatic rings. The Morgan fingerprint density at radius 3 is 2.30 bits per heavy atom. The van der Waals surface area contributed by atoms with Crippen molar-refractivity contribution < 1.29 is 37.3 Å². The van der Waals surface area contributed by atoms with Gasteiger partial charge in [0.2, 0.25) is 0 Å². The molecule has 0 spiro atoms. The van der Waals surface area contributed by atoms with Crippen LogP contribution in [0.5, 0.6) is 11.5 Å². The Balaban J connectivity index is 1.90. The molecule has 192 valence electrons.